The van der Waals surface area contributed by atoms with Gasteiger partial charge >= 0.3 is 0 Å². The minimum absolute atomic E-state index is 0.244. The minimum Gasteiger partial charge on any atom is -0.391 e. The SMILES string of the molecule is COCC(O)CCNC(=O)c1cn(C)nc1-c1ccccc1Cl. The molecule has 23 heavy (non-hydrogen) atoms. The number of aliphatic hydroxyl groups is 1. The molecule has 0 saturated heterocycles. The first-order valence-corrected chi connectivity index (χ1v) is 7.64. The number of benzene rings is 1. The molecule has 2 aromatic rings. The Labute approximate surface area is 140 Å². The van der Waals surface area contributed by atoms with Crippen molar-refractivity contribution < 1.29 is 14.6 Å². The van der Waals surface area contributed by atoms with E-state index in [-0.39, 0.29) is 12.5 Å². The van der Waals surface area contributed by atoms with E-state index in [0.29, 0.717) is 34.8 Å². The first-order chi connectivity index (χ1) is 11.0. The normalized spacial score (nSPS) is 12.2. The highest BCUT2D eigenvalue weighted by molar-refractivity contribution is 6.33. The number of nitrogens with zero attached hydrogens (tertiary/aromatic N) is 2. The maximum Gasteiger partial charge on any atom is 0.255 e. The van der Waals surface area contributed by atoms with E-state index in [1.54, 1.807) is 24.0 Å². The Balaban J connectivity index is 2.11. The van der Waals surface area contributed by atoms with Crippen LogP contribution in [0, 0.1) is 0 Å². The van der Waals surface area contributed by atoms with Crippen LogP contribution in [0.3, 0.4) is 0 Å². The van der Waals surface area contributed by atoms with E-state index in [2.05, 4.69) is 10.4 Å². The molecular formula is C16H20ClN3O3. The van der Waals surface area contributed by atoms with Crippen LogP contribution < -0.4 is 5.32 Å². The predicted octanol–water partition coefficient (Wildman–Crippen LogP) is 1.87. The van der Waals surface area contributed by atoms with E-state index in [9.17, 15) is 9.90 Å². The molecule has 1 heterocycles. The predicted molar refractivity (Wildman–Crippen MR) is 88.5 cm³/mol. The highest BCUT2D eigenvalue weighted by Gasteiger charge is 2.18. The van der Waals surface area contributed by atoms with Gasteiger partial charge in [0.25, 0.3) is 5.91 Å². The van der Waals surface area contributed by atoms with Crippen molar-refractivity contribution in [3.05, 3.63) is 41.0 Å². The molecule has 0 bridgehead atoms. The molecule has 0 aliphatic heterocycles. The van der Waals surface area contributed by atoms with Gasteiger partial charge in [-0.05, 0) is 12.5 Å². The Hall–Kier alpha value is -1.89. The van der Waals surface area contributed by atoms with Crippen LogP contribution in [0.5, 0.6) is 0 Å². The molecule has 2 N–H and O–H groups in total. The molecule has 124 valence electrons. The molecule has 2 rings (SSSR count). The fourth-order valence-corrected chi connectivity index (χ4v) is 2.46. The molecule has 0 spiro atoms. The summed E-state index contributed by atoms with van der Waals surface area (Å²) in [4.78, 5) is 12.4. The number of aromatic nitrogens is 2. The summed E-state index contributed by atoms with van der Waals surface area (Å²) in [5.41, 5.74) is 1.69. The molecule has 1 amide bonds. The number of hydrogen-bond acceptors (Lipinski definition) is 4. The maximum absolute atomic E-state index is 12.4. The van der Waals surface area contributed by atoms with Gasteiger partial charge in [-0.2, -0.15) is 5.10 Å². The lowest BCUT2D eigenvalue weighted by Gasteiger charge is -2.10. The molecule has 0 radical (unpaired) electrons. The second-order valence-corrected chi connectivity index (χ2v) is 5.61. The zero-order valence-corrected chi connectivity index (χ0v) is 13.9. The zero-order valence-electron chi connectivity index (χ0n) is 13.1. The number of aliphatic hydroxyl groups excluding tert-OH is 1. The highest BCUT2D eigenvalue weighted by atomic mass is 35.5. The van der Waals surface area contributed by atoms with E-state index in [0.717, 1.165) is 0 Å². The summed E-state index contributed by atoms with van der Waals surface area (Å²) in [7, 11) is 3.27. The number of methoxy groups -OCH3 is 1. The molecule has 0 saturated carbocycles. The quantitative estimate of drug-likeness (QED) is 0.808. The van der Waals surface area contributed by atoms with Crippen molar-refractivity contribution in [1.82, 2.24) is 15.1 Å². The van der Waals surface area contributed by atoms with Gasteiger partial charge in [0, 0.05) is 32.5 Å². The van der Waals surface area contributed by atoms with Gasteiger partial charge in [0.2, 0.25) is 0 Å². The molecule has 1 aromatic carbocycles. The third kappa shape index (κ3) is 4.54. The second kappa shape index (κ2) is 8.10. The summed E-state index contributed by atoms with van der Waals surface area (Å²) in [6.07, 6.45) is 1.47. The number of carbonyl (C=O) groups excluding carboxylic acids is 1. The molecule has 1 aromatic heterocycles. The number of hydrogen-bond donors (Lipinski definition) is 2. The van der Waals surface area contributed by atoms with E-state index in [4.69, 9.17) is 16.3 Å². The number of rotatable bonds is 7. The van der Waals surface area contributed by atoms with Gasteiger partial charge < -0.3 is 15.2 Å². The lowest BCUT2D eigenvalue weighted by Crippen LogP contribution is -2.28. The van der Waals surface area contributed by atoms with Crippen LogP contribution in [0.15, 0.2) is 30.5 Å². The van der Waals surface area contributed by atoms with Crippen molar-refractivity contribution in [2.24, 2.45) is 7.05 Å². The van der Waals surface area contributed by atoms with E-state index in [1.807, 2.05) is 18.2 Å². The first kappa shape index (κ1) is 17.5. The van der Waals surface area contributed by atoms with Crippen molar-refractivity contribution in [2.45, 2.75) is 12.5 Å². The van der Waals surface area contributed by atoms with Crippen molar-refractivity contribution in [1.29, 1.82) is 0 Å². The summed E-state index contributed by atoms with van der Waals surface area (Å²) in [5.74, 6) is -0.252. The standard InChI is InChI=1S/C16H20ClN3O3/c1-20-9-13(16(22)18-8-7-11(21)10-23-2)15(19-20)12-5-3-4-6-14(12)17/h3-6,9,11,21H,7-8,10H2,1-2H3,(H,18,22). The van der Waals surface area contributed by atoms with E-state index in [1.165, 1.54) is 7.11 Å². The number of nitrogens with one attached hydrogen (secondary N) is 1. The summed E-state index contributed by atoms with van der Waals surface area (Å²) < 4.78 is 6.43. The summed E-state index contributed by atoms with van der Waals surface area (Å²) in [6, 6.07) is 7.25. The van der Waals surface area contributed by atoms with Crippen molar-refractivity contribution in [2.75, 3.05) is 20.3 Å². The lowest BCUT2D eigenvalue weighted by molar-refractivity contribution is 0.0588. The Morgan fingerprint density at radius 3 is 2.91 bits per heavy atom. The molecule has 1 atom stereocenters. The molecule has 6 nitrogen and oxygen atoms in total. The Bertz CT molecular complexity index is 672. The Kier molecular flexibility index (Phi) is 6.15. The molecule has 0 aliphatic carbocycles. The monoisotopic (exact) mass is 337 g/mol. The van der Waals surface area contributed by atoms with Crippen molar-refractivity contribution in [3.8, 4) is 11.3 Å². The van der Waals surface area contributed by atoms with Gasteiger partial charge in [-0.15, -0.1) is 0 Å². The highest BCUT2D eigenvalue weighted by Crippen LogP contribution is 2.28. The third-order valence-corrected chi connectivity index (χ3v) is 3.65. The van der Waals surface area contributed by atoms with Crippen molar-refractivity contribution >= 4 is 17.5 Å². The fraction of sp³-hybridized carbons (Fsp3) is 0.375. The molecule has 1 unspecified atom stereocenters. The molecular weight excluding hydrogens is 318 g/mol. The molecule has 7 heteroatoms. The van der Waals surface area contributed by atoms with Gasteiger partial charge in [-0.25, -0.2) is 0 Å². The van der Waals surface area contributed by atoms with Crippen LogP contribution in [0.2, 0.25) is 5.02 Å². The fourth-order valence-electron chi connectivity index (χ4n) is 2.23. The summed E-state index contributed by atoms with van der Waals surface area (Å²) in [5, 5.41) is 17.3. The number of ether oxygens (including phenoxy) is 1. The van der Waals surface area contributed by atoms with Crippen LogP contribution in [-0.2, 0) is 11.8 Å². The van der Waals surface area contributed by atoms with Crippen LogP contribution in [0.1, 0.15) is 16.8 Å². The van der Waals surface area contributed by atoms with Crippen molar-refractivity contribution in [3.63, 3.8) is 0 Å². The Morgan fingerprint density at radius 2 is 2.22 bits per heavy atom. The van der Waals surface area contributed by atoms with Gasteiger partial charge in [0.15, 0.2) is 0 Å². The van der Waals surface area contributed by atoms with Gasteiger partial charge in [-0.1, -0.05) is 29.8 Å². The van der Waals surface area contributed by atoms with Gasteiger partial charge in [-0.3, -0.25) is 9.48 Å². The zero-order chi connectivity index (χ0) is 16.8. The number of halogens is 1. The second-order valence-electron chi connectivity index (χ2n) is 5.20. The summed E-state index contributed by atoms with van der Waals surface area (Å²) >= 11 is 6.20. The maximum atomic E-state index is 12.4. The number of aryl methyl sites for hydroxylation is 1. The Morgan fingerprint density at radius 1 is 1.48 bits per heavy atom. The van der Waals surface area contributed by atoms with Gasteiger partial charge in [0.1, 0.15) is 5.69 Å². The average molecular weight is 338 g/mol. The van der Waals surface area contributed by atoms with Crippen LogP contribution in [-0.4, -0.2) is 47.2 Å². The number of carbonyl (C=O) groups is 1. The molecule has 0 aliphatic rings. The largest absolute Gasteiger partial charge is 0.391 e. The average Bonchev–Trinajstić information content (AvgIpc) is 2.90. The van der Waals surface area contributed by atoms with Gasteiger partial charge in [0.05, 0.1) is 23.3 Å². The topological polar surface area (TPSA) is 76.4 Å². The smallest absolute Gasteiger partial charge is 0.255 e. The van der Waals surface area contributed by atoms with Crippen LogP contribution >= 0.6 is 11.6 Å². The minimum atomic E-state index is -0.600. The van der Waals surface area contributed by atoms with E-state index >= 15 is 0 Å². The van der Waals surface area contributed by atoms with Crippen LogP contribution in [0.25, 0.3) is 11.3 Å². The third-order valence-electron chi connectivity index (χ3n) is 3.32. The molecule has 0 fully saturated rings. The number of amides is 1. The van der Waals surface area contributed by atoms with E-state index < -0.39 is 6.10 Å². The summed E-state index contributed by atoms with van der Waals surface area (Å²) in [6.45, 7) is 0.591. The first-order valence-electron chi connectivity index (χ1n) is 7.26. The van der Waals surface area contributed by atoms with Crippen LogP contribution in [0.4, 0.5) is 0 Å². The lowest BCUT2D eigenvalue weighted by atomic mass is 10.1.